The molecule has 0 saturated heterocycles. The van der Waals surface area contributed by atoms with E-state index in [1.165, 1.54) is 6.20 Å². The Kier molecular flexibility index (Phi) is 5.91. The second-order valence-electron chi connectivity index (χ2n) is 3.92. The lowest BCUT2D eigenvalue weighted by Gasteiger charge is -2.20. The molecule has 0 N–H and O–H groups in total. The lowest BCUT2D eigenvalue weighted by atomic mass is 10.2. The molecule has 0 bridgehead atoms. The molecular weight excluding hydrogens is 305 g/mol. The quantitative estimate of drug-likeness (QED) is 0.747. The summed E-state index contributed by atoms with van der Waals surface area (Å²) in [6.07, 6.45) is 3.33. The van der Waals surface area contributed by atoms with Crippen LogP contribution in [-0.4, -0.2) is 19.3 Å². The monoisotopic (exact) mass is 319 g/mol. The minimum absolute atomic E-state index is 0.111. The van der Waals surface area contributed by atoms with Gasteiger partial charge in [-0.25, -0.2) is 8.42 Å². The highest BCUT2D eigenvalue weighted by atomic mass is 35.5. The Balaban J connectivity index is 3.15. The van der Waals surface area contributed by atoms with Gasteiger partial charge in [-0.3, -0.25) is 4.31 Å². The third-order valence-corrected chi connectivity index (χ3v) is 4.39. The van der Waals surface area contributed by atoms with Crippen LogP contribution < -0.4 is 0 Å². The highest BCUT2D eigenvalue weighted by molar-refractivity contribution is 7.89. The second-order valence-corrected chi connectivity index (χ2v) is 6.82. The molecule has 0 aromatic heterocycles. The van der Waals surface area contributed by atoms with Crippen LogP contribution in [0.4, 0.5) is 0 Å². The minimum Gasteiger partial charge on any atom is -0.271 e. The van der Waals surface area contributed by atoms with E-state index >= 15 is 0 Å². The van der Waals surface area contributed by atoms with E-state index in [2.05, 4.69) is 6.58 Å². The van der Waals surface area contributed by atoms with Gasteiger partial charge in [0.15, 0.2) is 0 Å². The van der Waals surface area contributed by atoms with Gasteiger partial charge in [-0.05, 0) is 25.5 Å². The van der Waals surface area contributed by atoms with Gasteiger partial charge in [0.2, 0.25) is 0 Å². The first kappa shape index (κ1) is 16.1. The first-order valence-electron chi connectivity index (χ1n) is 5.60. The maximum Gasteiger partial charge on any atom is 0.263 e. The van der Waals surface area contributed by atoms with E-state index in [0.29, 0.717) is 6.42 Å². The molecule has 0 atom stereocenters. The van der Waals surface area contributed by atoms with Gasteiger partial charge in [-0.15, -0.1) is 6.58 Å². The third kappa shape index (κ3) is 4.56. The normalized spacial score (nSPS) is 10.9. The zero-order valence-electron chi connectivity index (χ0n) is 10.5. The zero-order chi connectivity index (χ0) is 14.5. The van der Waals surface area contributed by atoms with Crippen molar-refractivity contribution in [1.82, 2.24) is 4.31 Å². The average molecular weight is 320 g/mol. The smallest absolute Gasteiger partial charge is 0.263 e. The molecule has 104 valence electrons. The van der Waals surface area contributed by atoms with Crippen LogP contribution >= 0.6 is 23.2 Å². The minimum atomic E-state index is -3.64. The van der Waals surface area contributed by atoms with Gasteiger partial charge < -0.3 is 0 Å². The van der Waals surface area contributed by atoms with Gasteiger partial charge in [-0.2, -0.15) is 0 Å². The summed E-state index contributed by atoms with van der Waals surface area (Å²) >= 11 is 11.1. The maximum atomic E-state index is 12.4. The molecule has 3 nitrogen and oxygen atoms in total. The van der Waals surface area contributed by atoms with Gasteiger partial charge in [0.05, 0.1) is 4.90 Å². The molecule has 0 aliphatic heterocycles. The Morgan fingerprint density at radius 1 is 1.32 bits per heavy atom. The van der Waals surface area contributed by atoms with Crippen LogP contribution in [0.1, 0.15) is 12.0 Å². The van der Waals surface area contributed by atoms with Gasteiger partial charge in [0.25, 0.3) is 10.0 Å². The number of halogens is 2. The van der Waals surface area contributed by atoms with Crippen molar-refractivity contribution >= 4 is 33.2 Å². The molecule has 0 spiro atoms. The molecule has 1 aromatic rings. The fraction of sp³-hybridized carbons (Fsp3) is 0.231. The van der Waals surface area contributed by atoms with E-state index < -0.39 is 10.0 Å². The lowest BCUT2D eigenvalue weighted by molar-refractivity contribution is 0.502. The standard InChI is InChI=1S/C13H15Cl2NO2S/c1-3-4-9-16(10-13(14)15)19(17,18)12-7-5-11(2)6-8-12/h3,5-8,10H,1,4,9H2,2H3. The van der Waals surface area contributed by atoms with E-state index in [-0.39, 0.29) is 15.9 Å². The molecule has 0 saturated carbocycles. The SMILES string of the molecule is C=CCCN(C=C(Cl)Cl)S(=O)(=O)c1ccc(C)cc1. The Bertz CT molecular complexity index is 561. The summed E-state index contributed by atoms with van der Waals surface area (Å²) in [5.41, 5.74) is 0.988. The van der Waals surface area contributed by atoms with Crippen LogP contribution in [-0.2, 0) is 10.0 Å². The molecule has 0 radical (unpaired) electrons. The Morgan fingerprint density at radius 2 is 1.89 bits per heavy atom. The van der Waals surface area contributed by atoms with Crippen molar-refractivity contribution in [2.75, 3.05) is 6.54 Å². The van der Waals surface area contributed by atoms with Gasteiger partial charge in [-0.1, -0.05) is 47.0 Å². The molecule has 1 rings (SSSR count). The molecule has 0 unspecified atom stereocenters. The van der Waals surface area contributed by atoms with Crippen LogP contribution in [0, 0.1) is 6.92 Å². The number of nitrogens with zero attached hydrogens (tertiary/aromatic N) is 1. The number of benzene rings is 1. The van der Waals surface area contributed by atoms with Crippen molar-refractivity contribution in [3.63, 3.8) is 0 Å². The summed E-state index contributed by atoms with van der Waals surface area (Å²) in [6.45, 7) is 5.70. The highest BCUT2D eigenvalue weighted by Crippen LogP contribution is 2.20. The average Bonchev–Trinajstić information content (AvgIpc) is 2.34. The molecule has 0 aliphatic carbocycles. The molecule has 1 aromatic carbocycles. The number of hydrogen-bond donors (Lipinski definition) is 0. The summed E-state index contributed by atoms with van der Waals surface area (Å²) in [7, 11) is -3.64. The number of aryl methyl sites for hydroxylation is 1. The van der Waals surface area contributed by atoms with Crippen molar-refractivity contribution in [3.8, 4) is 0 Å². The summed E-state index contributed by atoms with van der Waals surface area (Å²) in [5.74, 6) is 0. The van der Waals surface area contributed by atoms with Crippen LogP contribution in [0.2, 0.25) is 0 Å². The maximum absolute atomic E-state index is 12.4. The summed E-state index contributed by atoms with van der Waals surface area (Å²) in [5, 5.41) is 0. The second kappa shape index (κ2) is 6.98. The Morgan fingerprint density at radius 3 is 2.37 bits per heavy atom. The molecular formula is C13H15Cl2NO2S. The molecule has 0 heterocycles. The topological polar surface area (TPSA) is 37.4 Å². The van der Waals surface area contributed by atoms with Crippen LogP contribution in [0.25, 0.3) is 0 Å². The molecule has 0 amide bonds. The fourth-order valence-corrected chi connectivity index (χ4v) is 3.12. The van der Waals surface area contributed by atoms with Crippen molar-refractivity contribution < 1.29 is 8.42 Å². The summed E-state index contributed by atoms with van der Waals surface area (Å²) in [6, 6.07) is 6.60. The number of rotatable bonds is 6. The Hall–Kier alpha value is -0.970. The van der Waals surface area contributed by atoms with E-state index in [1.807, 2.05) is 6.92 Å². The van der Waals surface area contributed by atoms with E-state index in [1.54, 1.807) is 30.3 Å². The summed E-state index contributed by atoms with van der Waals surface area (Å²) < 4.78 is 25.8. The lowest BCUT2D eigenvalue weighted by Crippen LogP contribution is -2.27. The van der Waals surface area contributed by atoms with Gasteiger partial charge in [0.1, 0.15) is 4.49 Å². The summed E-state index contributed by atoms with van der Waals surface area (Å²) in [4.78, 5) is 0.202. The number of sulfonamides is 1. The van der Waals surface area contributed by atoms with E-state index in [4.69, 9.17) is 23.2 Å². The van der Waals surface area contributed by atoms with Crippen LogP contribution in [0.5, 0.6) is 0 Å². The largest absolute Gasteiger partial charge is 0.271 e. The molecule has 6 heteroatoms. The first-order chi connectivity index (χ1) is 8.87. The first-order valence-corrected chi connectivity index (χ1v) is 7.79. The van der Waals surface area contributed by atoms with Crippen LogP contribution in [0.15, 0.2) is 52.5 Å². The van der Waals surface area contributed by atoms with Crippen molar-refractivity contribution in [3.05, 3.63) is 53.2 Å². The van der Waals surface area contributed by atoms with Crippen molar-refractivity contribution in [1.29, 1.82) is 0 Å². The van der Waals surface area contributed by atoms with E-state index in [0.717, 1.165) is 9.87 Å². The zero-order valence-corrected chi connectivity index (χ0v) is 12.8. The van der Waals surface area contributed by atoms with Gasteiger partial charge in [0, 0.05) is 12.7 Å². The van der Waals surface area contributed by atoms with Crippen molar-refractivity contribution in [2.24, 2.45) is 0 Å². The molecule has 0 aliphatic rings. The molecule has 19 heavy (non-hydrogen) atoms. The highest BCUT2D eigenvalue weighted by Gasteiger charge is 2.21. The van der Waals surface area contributed by atoms with Crippen LogP contribution in [0.3, 0.4) is 0 Å². The predicted molar refractivity (Wildman–Crippen MR) is 79.7 cm³/mol. The predicted octanol–water partition coefficient (Wildman–Crippen LogP) is 3.84. The fourth-order valence-electron chi connectivity index (χ4n) is 1.43. The van der Waals surface area contributed by atoms with E-state index in [9.17, 15) is 8.42 Å². The third-order valence-electron chi connectivity index (χ3n) is 2.42. The Labute approximate surface area is 124 Å². The molecule has 0 fully saturated rings. The van der Waals surface area contributed by atoms with Gasteiger partial charge >= 0.3 is 0 Å². The van der Waals surface area contributed by atoms with Crippen molar-refractivity contribution in [2.45, 2.75) is 18.2 Å². The number of hydrogen-bond acceptors (Lipinski definition) is 2.